The molecule has 0 aromatic carbocycles. The van der Waals surface area contributed by atoms with Crippen LogP contribution in [0.1, 0.15) is 22.6 Å². The lowest BCUT2D eigenvalue weighted by Gasteiger charge is -2.32. The van der Waals surface area contributed by atoms with Crippen LogP contribution in [0.2, 0.25) is 0 Å². The van der Waals surface area contributed by atoms with Crippen molar-refractivity contribution in [3.8, 4) is 0 Å². The molecule has 1 aliphatic rings. The van der Waals surface area contributed by atoms with Gasteiger partial charge in [-0.25, -0.2) is 9.78 Å². The zero-order valence-electron chi connectivity index (χ0n) is 12.4. The molecule has 3 rings (SSSR count). The summed E-state index contributed by atoms with van der Waals surface area (Å²) in [5.41, 5.74) is 0.989. The fourth-order valence-corrected chi connectivity index (χ4v) is 3.20. The van der Waals surface area contributed by atoms with Crippen molar-refractivity contribution in [2.45, 2.75) is 19.4 Å². The minimum absolute atomic E-state index is 0.0619. The van der Waals surface area contributed by atoms with Gasteiger partial charge in [0.25, 0.3) is 0 Å². The van der Waals surface area contributed by atoms with Crippen LogP contribution in [0.25, 0.3) is 0 Å². The average Bonchev–Trinajstić information content (AvgIpc) is 3.19. The molecule has 6 nitrogen and oxygen atoms in total. The second-order valence-corrected chi connectivity index (χ2v) is 6.08. The van der Waals surface area contributed by atoms with Crippen molar-refractivity contribution in [1.29, 1.82) is 0 Å². The Labute approximate surface area is 133 Å². The summed E-state index contributed by atoms with van der Waals surface area (Å²) in [5, 5.41) is 5.86. The SMILES string of the molecule is Cc1csc(C2CN(C(=O)NCCc3ccco3)CCO2)n1. The first-order chi connectivity index (χ1) is 10.7. The van der Waals surface area contributed by atoms with Gasteiger partial charge in [-0.05, 0) is 19.1 Å². The first kappa shape index (κ1) is 15.1. The zero-order valence-corrected chi connectivity index (χ0v) is 13.3. The lowest BCUT2D eigenvalue weighted by Crippen LogP contribution is -2.47. The standard InChI is InChI=1S/C15H19N3O3S/c1-11-10-22-14(17-11)13-9-18(6-8-21-13)15(19)16-5-4-12-3-2-7-20-12/h2-3,7,10,13H,4-6,8-9H2,1H3,(H,16,19). The molecule has 1 unspecified atom stereocenters. The van der Waals surface area contributed by atoms with Gasteiger partial charge in [-0.3, -0.25) is 0 Å². The summed E-state index contributed by atoms with van der Waals surface area (Å²) in [4.78, 5) is 18.5. The highest BCUT2D eigenvalue weighted by Crippen LogP contribution is 2.25. The van der Waals surface area contributed by atoms with Crippen molar-refractivity contribution in [3.05, 3.63) is 40.2 Å². The number of carbonyl (C=O) groups is 1. The van der Waals surface area contributed by atoms with E-state index in [9.17, 15) is 4.79 Å². The van der Waals surface area contributed by atoms with Crippen molar-refractivity contribution < 1.29 is 13.9 Å². The number of rotatable bonds is 4. The summed E-state index contributed by atoms with van der Waals surface area (Å²) in [6.07, 6.45) is 2.21. The van der Waals surface area contributed by atoms with Gasteiger partial charge in [-0.2, -0.15) is 0 Å². The summed E-state index contributed by atoms with van der Waals surface area (Å²) < 4.78 is 11.0. The van der Waals surface area contributed by atoms with Crippen LogP contribution >= 0.6 is 11.3 Å². The number of furan rings is 1. The van der Waals surface area contributed by atoms with Gasteiger partial charge >= 0.3 is 6.03 Å². The van der Waals surface area contributed by atoms with E-state index in [-0.39, 0.29) is 12.1 Å². The smallest absolute Gasteiger partial charge is 0.317 e. The van der Waals surface area contributed by atoms with Crippen molar-refractivity contribution in [2.24, 2.45) is 0 Å². The summed E-state index contributed by atoms with van der Waals surface area (Å²) in [5.74, 6) is 0.874. The molecule has 1 atom stereocenters. The molecule has 22 heavy (non-hydrogen) atoms. The van der Waals surface area contributed by atoms with E-state index < -0.39 is 0 Å². The molecule has 0 radical (unpaired) electrons. The Morgan fingerprint density at radius 2 is 2.50 bits per heavy atom. The number of aromatic nitrogens is 1. The van der Waals surface area contributed by atoms with Crippen molar-refractivity contribution in [1.82, 2.24) is 15.2 Å². The molecule has 0 bridgehead atoms. The number of carbonyl (C=O) groups excluding carboxylic acids is 1. The first-order valence-electron chi connectivity index (χ1n) is 7.31. The lowest BCUT2D eigenvalue weighted by molar-refractivity contribution is -0.0155. The fraction of sp³-hybridized carbons (Fsp3) is 0.467. The van der Waals surface area contributed by atoms with Gasteiger partial charge < -0.3 is 19.4 Å². The molecule has 3 heterocycles. The van der Waals surface area contributed by atoms with Crippen LogP contribution in [0.4, 0.5) is 4.79 Å². The molecular formula is C15H19N3O3S. The normalized spacial score (nSPS) is 18.4. The van der Waals surface area contributed by atoms with Crippen LogP contribution in [0.5, 0.6) is 0 Å². The van der Waals surface area contributed by atoms with Crippen LogP contribution in [0.3, 0.4) is 0 Å². The van der Waals surface area contributed by atoms with E-state index in [2.05, 4.69) is 10.3 Å². The van der Waals surface area contributed by atoms with Crippen molar-refractivity contribution in [2.75, 3.05) is 26.2 Å². The number of thiazole rings is 1. The Bertz CT molecular complexity index is 611. The third-order valence-electron chi connectivity index (χ3n) is 3.49. The maximum Gasteiger partial charge on any atom is 0.317 e. The van der Waals surface area contributed by atoms with Crippen LogP contribution in [-0.2, 0) is 11.2 Å². The number of nitrogens with one attached hydrogen (secondary N) is 1. The zero-order chi connectivity index (χ0) is 15.4. The molecular weight excluding hydrogens is 302 g/mol. The fourth-order valence-electron chi connectivity index (χ4n) is 2.36. The van der Waals surface area contributed by atoms with E-state index in [1.165, 1.54) is 0 Å². The Morgan fingerprint density at radius 3 is 3.23 bits per heavy atom. The van der Waals surface area contributed by atoms with Gasteiger partial charge in [0.2, 0.25) is 0 Å². The van der Waals surface area contributed by atoms with E-state index in [0.29, 0.717) is 32.7 Å². The molecule has 0 spiro atoms. The maximum atomic E-state index is 12.2. The minimum Gasteiger partial charge on any atom is -0.469 e. The molecule has 1 saturated heterocycles. The molecule has 0 saturated carbocycles. The number of hydrogen-bond donors (Lipinski definition) is 1. The molecule has 1 fully saturated rings. The number of aryl methyl sites for hydroxylation is 1. The number of hydrogen-bond acceptors (Lipinski definition) is 5. The van der Waals surface area contributed by atoms with E-state index in [1.807, 2.05) is 24.4 Å². The molecule has 2 aromatic rings. The van der Waals surface area contributed by atoms with Gasteiger partial charge in [0.1, 0.15) is 16.9 Å². The molecule has 2 aromatic heterocycles. The number of amides is 2. The van der Waals surface area contributed by atoms with E-state index in [4.69, 9.17) is 9.15 Å². The summed E-state index contributed by atoms with van der Waals surface area (Å²) in [6, 6.07) is 3.69. The number of morpholine rings is 1. The monoisotopic (exact) mass is 321 g/mol. The summed E-state index contributed by atoms with van der Waals surface area (Å²) >= 11 is 1.58. The van der Waals surface area contributed by atoms with Gasteiger partial charge in [0.15, 0.2) is 0 Å². The van der Waals surface area contributed by atoms with E-state index in [0.717, 1.165) is 16.5 Å². The largest absolute Gasteiger partial charge is 0.469 e. The highest BCUT2D eigenvalue weighted by atomic mass is 32.1. The molecule has 2 amide bonds. The second-order valence-electron chi connectivity index (χ2n) is 5.19. The quantitative estimate of drug-likeness (QED) is 0.939. The van der Waals surface area contributed by atoms with Crippen LogP contribution in [0, 0.1) is 6.92 Å². The predicted molar refractivity (Wildman–Crippen MR) is 82.9 cm³/mol. The number of urea groups is 1. The van der Waals surface area contributed by atoms with Crippen LogP contribution in [-0.4, -0.2) is 42.2 Å². The number of nitrogens with zero attached hydrogens (tertiary/aromatic N) is 2. The highest BCUT2D eigenvalue weighted by Gasteiger charge is 2.27. The van der Waals surface area contributed by atoms with Gasteiger partial charge in [0.05, 0.1) is 19.4 Å². The third kappa shape index (κ3) is 3.66. The van der Waals surface area contributed by atoms with Crippen LogP contribution in [0.15, 0.2) is 28.2 Å². The predicted octanol–water partition coefficient (Wildman–Crippen LogP) is 2.37. The maximum absolute atomic E-state index is 12.2. The van der Waals surface area contributed by atoms with E-state index in [1.54, 1.807) is 22.5 Å². The molecule has 1 aliphatic heterocycles. The Hall–Kier alpha value is -1.86. The Morgan fingerprint density at radius 1 is 1.59 bits per heavy atom. The lowest BCUT2D eigenvalue weighted by atomic mass is 10.3. The van der Waals surface area contributed by atoms with Crippen molar-refractivity contribution >= 4 is 17.4 Å². The molecule has 0 aliphatic carbocycles. The second kappa shape index (κ2) is 6.93. The van der Waals surface area contributed by atoms with Crippen molar-refractivity contribution in [3.63, 3.8) is 0 Å². The molecule has 1 N–H and O–H groups in total. The molecule has 7 heteroatoms. The minimum atomic E-state index is -0.122. The summed E-state index contributed by atoms with van der Waals surface area (Å²) in [6.45, 7) is 4.20. The van der Waals surface area contributed by atoms with E-state index >= 15 is 0 Å². The third-order valence-corrected chi connectivity index (χ3v) is 4.55. The van der Waals surface area contributed by atoms with Gasteiger partial charge in [0, 0.05) is 30.6 Å². The molecule has 118 valence electrons. The Kier molecular flexibility index (Phi) is 4.74. The summed E-state index contributed by atoms with van der Waals surface area (Å²) in [7, 11) is 0. The Balaban J connectivity index is 1.49. The van der Waals surface area contributed by atoms with Crippen LogP contribution < -0.4 is 5.32 Å². The first-order valence-corrected chi connectivity index (χ1v) is 8.19. The van der Waals surface area contributed by atoms with Gasteiger partial charge in [-0.15, -0.1) is 11.3 Å². The topological polar surface area (TPSA) is 67.6 Å². The number of ether oxygens (including phenoxy) is 1. The van der Waals surface area contributed by atoms with Gasteiger partial charge in [-0.1, -0.05) is 0 Å². The highest BCUT2D eigenvalue weighted by molar-refractivity contribution is 7.09. The average molecular weight is 321 g/mol.